The largest absolute Gasteiger partial charge is 0.408 e. The van der Waals surface area contributed by atoms with Crippen molar-refractivity contribution in [3.8, 4) is 0 Å². The maximum Gasteiger partial charge on any atom is 0.322 e. The summed E-state index contributed by atoms with van der Waals surface area (Å²) in [6.45, 7) is 1.61. The van der Waals surface area contributed by atoms with Crippen LogP contribution in [0.1, 0.15) is 16.2 Å². The van der Waals surface area contributed by atoms with Gasteiger partial charge in [0.15, 0.2) is 0 Å². The zero-order valence-electron chi connectivity index (χ0n) is 8.77. The Kier molecular flexibility index (Phi) is 2.92. The van der Waals surface area contributed by atoms with E-state index in [9.17, 15) is 4.79 Å². The minimum absolute atomic E-state index is 0.00834. The Labute approximate surface area is 101 Å². The van der Waals surface area contributed by atoms with E-state index in [1.54, 1.807) is 6.92 Å². The zero-order chi connectivity index (χ0) is 12.4. The smallest absolute Gasteiger partial charge is 0.322 e. The number of aromatic nitrogens is 3. The minimum atomic E-state index is -0.515. The summed E-state index contributed by atoms with van der Waals surface area (Å²) < 4.78 is 5.00. The second-order valence-electron chi connectivity index (χ2n) is 3.19. The first-order chi connectivity index (χ1) is 8.06. The number of nitrogen functional groups attached to an aromatic ring is 1. The van der Waals surface area contributed by atoms with Crippen molar-refractivity contribution in [2.75, 3.05) is 11.1 Å². The molecule has 0 aliphatic heterocycles. The van der Waals surface area contributed by atoms with Gasteiger partial charge in [0.1, 0.15) is 5.15 Å². The highest BCUT2D eigenvalue weighted by Crippen LogP contribution is 2.17. The van der Waals surface area contributed by atoms with Crippen molar-refractivity contribution in [3.63, 3.8) is 0 Å². The third kappa shape index (κ3) is 2.51. The van der Waals surface area contributed by atoms with Crippen LogP contribution >= 0.6 is 11.6 Å². The lowest BCUT2D eigenvalue weighted by Gasteiger charge is -2.03. The van der Waals surface area contributed by atoms with Gasteiger partial charge in [-0.2, -0.15) is 0 Å². The molecule has 0 unspecified atom stereocenters. The Bertz CT molecular complexity index is 568. The second kappa shape index (κ2) is 4.38. The van der Waals surface area contributed by atoms with Gasteiger partial charge in [0.25, 0.3) is 5.91 Å². The Morgan fingerprint density at radius 3 is 2.94 bits per heavy atom. The summed E-state index contributed by atoms with van der Waals surface area (Å²) in [4.78, 5) is 15.5. The van der Waals surface area contributed by atoms with Crippen LogP contribution in [0, 0.1) is 6.92 Å². The van der Waals surface area contributed by atoms with Crippen LogP contribution in [-0.4, -0.2) is 21.1 Å². The van der Waals surface area contributed by atoms with Gasteiger partial charge in [-0.15, -0.1) is 5.10 Å². The highest BCUT2D eigenvalue weighted by atomic mass is 35.5. The average Bonchev–Trinajstić information content (AvgIpc) is 2.67. The number of aryl methyl sites for hydroxylation is 1. The minimum Gasteiger partial charge on any atom is -0.408 e. The number of nitrogens with one attached hydrogen (secondary N) is 1. The number of rotatable bonds is 2. The van der Waals surface area contributed by atoms with E-state index in [4.69, 9.17) is 21.8 Å². The van der Waals surface area contributed by atoms with Crippen LogP contribution in [0.15, 0.2) is 16.7 Å². The number of hydrogen-bond donors (Lipinski definition) is 2. The monoisotopic (exact) mass is 253 g/mol. The molecule has 0 saturated heterocycles. The van der Waals surface area contributed by atoms with Crippen LogP contribution in [-0.2, 0) is 0 Å². The van der Waals surface area contributed by atoms with E-state index in [0.717, 1.165) is 0 Å². The molecule has 0 spiro atoms. The molecule has 0 saturated carbocycles. The summed E-state index contributed by atoms with van der Waals surface area (Å²) in [5.41, 5.74) is 5.99. The molecule has 88 valence electrons. The number of amides is 1. The van der Waals surface area contributed by atoms with Crippen LogP contribution in [0.3, 0.4) is 0 Å². The summed E-state index contributed by atoms with van der Waals surface area (Å²) in [6.07, 6.45) is 1.36. The number of pyridine rings is 1. The van der Waals surface area contributed by atoms with Crippen molar-refractivity contribution in [2.24, 2.45) is 0 Å². The van der Waals surface area contributed by atoms with E-state index in [2.05, 4.69) is 20.5 Å². The van der Waals surface area contributed by atoms with Crippen LogP contribution in [0.25, 0.3) is 0 Å². The molecule has 0 bridgehead atoms. The van der Waals surface area contributed by atoms with Crippen molar-refractivity contribution < 1.29 is 9.21 Å². The number of nitrogens with two attached hydrogens (primary N) is 1. The first-order valence-electron chi connectivity index (χ1n) is 4.59. The Morgan fingerprint density at radius 2 is 2.29 bits per heavy atom. The molecule has 8 heteroatoms. The zero-order valence-corrected chi connectivity index (χ0v) is 9.52. The van der Waals surface area contributed by atoms with Crippen LogP contribution in [0.5, 0.6) is 0 Å². The van der Waals surface area contributed by atoms with E-state index in [-0.39, 0.29) is 16.7 Å². The normalized spacial score (nSPS) is 10.2. The molecule has 2 rings (SSSR count). The molecule has 0 radical (unpaired) electrons. The van der Waals surface area contributed by atoms with Crippen LogP contribution < -0.4 is 11.1 Å². The van der Waals surface area contributed by atoms with Crippen LogP contribution in [0.4, 0.5) is 11.7 Å². The molecule has 0 aliphatic rings. The number of carbonyl (C=O) groups excluding carboxylic acids is 1. The average molecular weight is 254 g/mol. The molecule has 0 aliphatic carbocycles. The van der Waals surface area contributed by atoms with Gasteiger partial charge in [-0.1, -0.05) is 16.7 Å². The maximum absolute atomic E-state index is 11.8. The second-order valence-corrected chi connectivity index (χ2v) is 3.55. The molecular weight excluding hydrogens is 246 g/mol. The molecule has 2 heterocycles. The van der Waals surface area contributed by atoms with Gasteiger partial charge in [-0.25, -0.2) is 4.98 Å². The van der Waals surface area contributed by atoms with E-state index < -0.39 is 5.91 Å². The lowest BCUT2D eigenvalue weighted by atomic mass is 10.2. The van der Waals surface area contributed by atoms with Crippen molar-refractivity contribution in [3.05, 3.63) is 28.9 Å². The molecule has 0 fully saturated rings. The fourth-order valence-electron chi connectivity index (χ4n) is 1.13. The Hall–Kier alpha value is -2.15. The van der Waals surface area contributed by atoms with Gasteiger partial charge in [-0.05, 0) is 6.07 Å². The summed E-state index contributed by atoms with van der Waals surface area (Å²) >= 11 is 5.77. The number of carbonyl (C=O) groups is 1. The lowest BCUT2D eigenvalue weighted by Crippen LogP contribution is -2.13. The fraction of sp³-hybridized carbons (Fsp3) is 0.111. The molecule has 17 heavy (non-hydrogen) atoms. The molecule has 2 aromatic rings. The quantitative estimate of drug-likeness (QED) is 0.780. The van der Waals surface area contributed by atoms with Gasteiger partial charge < -0.3 is 10.2 Å². The first kappa shape index (κ1) is 11.3. The lowest BCUT2D eigenvalue weighted by molar-refractivity contribution is 0.102. The van der Waals surface area contributed by atoms with E-state index in [1.807, 2.05) is 0 Å². The molecule has 1 amide bonds. The van der Waals surface area contributed by atoms with Crippen LogP contribution in [0.2, 0.25) is 5.15 Å². The van der Waals surface area contributed by atoms with Crippen molar-refractivity contribution in [1.82, 2.24) is 15.2 Å². The summed E-state index contributed by atoms with van der Waals surface area (Å²) in [5.74, 6) is -0.171. The molecular formula is C9H8ClN5O2. The standard InChI is InChI=1S/C9H8ClN5O2/c1-4-14-15-9(17-4)13-8(16)6-2-5(11)3-12-7(6)10/h2-3H,11H2,1H3,(H,13,15,16). The van der Waals surface area contributed by atoms with Crippen molar-refractivity contribution in [1.29, 1.82) is 0 Å². The molecule has 2 aromatic heterocycles. The van der Waals surface area contributed by atoms with Gasteiger partial charge in [0, 0.05) is 6.92 Å². The number of halogens is 1. The van der Waals surface area contributed by atoms with Crippen molar-refractivity contribution >= 4 is 29.2 Å². The van der Waals surface area contributed by atoms with E-state index in [0.29, 0.717) is 11.6 Å². The third-order valence-electron chi connectivity index (χ3n) is 1.85. The molecule has 0 atom stereocenters. The molecule has 3 N–H and O–H groups in total. The first-order valence-corrected chi connectivity index (χ1v) is 4.96. The van der Waals surface area contributed by atoms with Gasteiger partial charge in [0.05, 0.1) is 17.4 Å². The summed E-state index contributed by atoms with van der Waals surface area (Å²) in [6, 6.07) is 1.40. The third-order valence-corrected chi connectivity index (χ3v) is 2.15. The predicted molar refractivity (Wildman–Crippen MR) is 60.6 cm³/mol. The number of nitrogens with zero attached hydrogens (tertiary/aromatic N) is 3. The molecule has 0 aromatic carbocycles. The SMILES string of the molecule is Cc1nnc(NC(=O)c2cc(N)cnc2Cl)o1. The summed E-state index contributed by atoms with van der Waals surface area (Å²) in [5, 5.41) is 9.63. The Morgan fingerprint density at radius 1 is 1.53 bits per heavy atom. The van der Waals surface area contributed by atoms with E-state index >= 15 is 0 Å². The predicted octanol–water partition coefficient (Wildman–Crippen LogP) is 1.26. The van der Waals surface area contributed by atoms with Crippen molar-refractivity contribution in [2.45, 2.75) is 6.92 Å². The van der Waals surface area contributed by atoms with Gasteiger partial charge in [0.2, 0.25) is 5.89 Å². The highest BCUT2D eigenvalue weighted by Gasteiger charge is 2.14. The fourth-order valence-corrected chi connectivity index (χ4v) is 1.32. The van der Waals surface area contributed by atoms with Gasteiger partial charge in [-0.3, -0.25) is 10.1 Å². The topological polar surface area (TPSA) is 107 Å². The highest BCUT2D eigenvalue weighted by molar-refractivity contribution is 6.33. The van der Waals surface area contributed by atoms with E-state index in [1.165, 1.54) is 12.3 Å². The molecule has 7 nitrogen and oxygen atoms in total. The number of hydrogen-bond acceptors (Lipinski definition) is 6. The summed E-state index contributed by atoms with van der Waals surface area (Å²) in [7, 11) is 0. The number of anilines is 2. The van der Waals surface area contributed by atoms with Gasteiger partial charge >= 0.3 is 6.01 Å². The maximum atomic E-state index is 11.8. The Balaban J connectivity index is 2.22.